The minimum absolute atomic E-state index is 0.0207. The Kier molecular flexibility index (Phi) is 6.09. The number of aromatic amines is 1. The Hall–Kier alpha value is -3.44. The summed E-state index contributed by atoms with van der Waals surface area (Å²) in [4.78, 5) is 31.1. The largest absolute Gasteiger partial charge is 0.366 e. The highest BCUT2D eigenvalue weighted by Crippen LogP contribution is 2.34. The molecule has 1 atom stereocenters. The molecule has 9 heteroatoms. The van der Waals surface area contributed by atoms with Crippen molar-refractivity contribution in [1.82, 2.24) is 9.88 Å². The van der Waals surface area contributed by atoms with Crippen LogP contribution in [0.5, 0.6) is 0 Å². The van der Waals surface area contributed by atoms with E-state index in [4.69, 9.17) is 16.9 Å². The first-order valence-electron chi connectivity index (χ1n) is 10.4. The summed E-state index contributed by atoms with van der Waals surface area (Å²) in [5.41, 5.74) is -0.0191. The standard InChI is InChI=1S/C24H21ClF2N4O2/c1-30(2)24(33)14-4-3-7-31(12-14)23-17(26)9-19-21(22(23)27)20(32)10-18(29-19)15-8-13(11-28)5-6-16(15)25/h5-6,8-10,14H,3-4,7,12H2,1-2H3,(H,29,32). The van der Waals surface area contributed by atoms with E-state index in [1.165, 1.54) is 34.1 Å². The zero-order valence-electron chi connectivity index (χ0n) is 18.1. The van der Waals surface area contributed by atoms with Gasteiger partial charge in [0.05, 0.1) is 34.1 Å². The molecule has 1 saturated heterocycles. The first-order chi connectivity index (χ1) is 15.7. The molecule has 1 amide bonds. The third-order valence-corrected chi connectivity index (χ3v) is 6.23. The smallest absolute Gasteiger partial charge is 0.226 e. The summed E-state index contributed by atoms with van der Waals surface area (Å²) in [5, 5.41) is 9.15. The Morgan fingerprint density at radius 3 is 2.73 bits per heavy atom. The summed E-state index contributed by atoms with van der Waals surface area (Å²) in [6.45, 7) is 0.548. The number of nitriles is 1. The van der Waals surface area contributed by atoms with Crippen molar-refractivity contribution in [2.75, 3.05) is 32.1 Å². The molecule has 1 unspecified atom stereocenters. The number of pyridine rings is 1. The van der Waals surface area contributed by atoms with Crippen molar-refractivity contribution in [1.29, 1.82) is 5.26 Å². The highest BCUT2D eigenvalue weighted by Gasteiger charge is 2.31. The number of hydrogen-bond donors (Lipinski definition) is 1. The highest BCUT2D eigenvalue weighted by atomic mass is 35.5. The Balaban J connectivity index is 1.81. The lowest BCUT2D eigenvalue weighted by Crippen LogP contribution is -2.43. The van der Waals surface area contributed by atoms with Crippen LogP contribution in [0, 0.1) is 28.9 Å². The van der Waals surface area contributed by atoms with Gasteiger partial charge in [-0.3, -0.25) is 9.59 Å². The molecule has 0 radical (unpaired) electrons. The molecule has 2 heterocycles. The van der Waals surface area contributed by atoms with Crippen molar-refractivity contribution >= 4 is 34.1 Å². The van der Waals surface area contributed by atoms with E-state index in [2.05, 4.69) is 4.98 Å². The number of hydrogen-bond acceptors (Lipinski definition) is 4. The number of piperidine rings is 1. The van der Waals surface area contributed by atoms with E-state index in [0.29, 0.717) is 30.5 Å². The van der Waals surface area contributed by atoms with E-state index < -0.39 is 17.1 Å². The summed E-state index contributed by atoms with van der Waals surface area (Å²) in [5.74, 6) is -2.27. The summed E-state index contributed by atoms with van der Waals surface area (Å²) in [6.07, 6.45) is 1.24. The second-order valence-electron chi connectivity index (χ2n) is 8.32. The van der Waals surface area contributed by atoms with Crippen molar-refractivity contribution in [3.8, 4) is 17.3 Å². The molecule has 3 aromatic rings. The molecule has 1 aliphatic rings. The summed E-state index contributed by atoms with van der Waals surface area (Å²) in [7, 11) is 3.29. The van der Waals surface area contributed by atoms with Gasteiger partial charge in [0.1, 0.15) is 5.69 Å². The van der Waals surface area contributed by atoms with Crippen LogP contribution in [-0.4, -0.2) is 43.0 Å². The van der Waals surface area contributed by atoms with Gasteiger partial charge in [0, 0.05) is 49.9 Å². The van der Waals surface area contributed by atoms with Crippen molar-refractivity contribution in [3.05, 3.63) is 62.8 Å². The minimum atomic E-state index is -0.965. The molecule has 4 rings (SSSR count). The monoisotopic (exact) mass is 470 g/mol. The molecule has 6 nitrogen and oxygen atoms in total. The van der Waals surface area contributed by atoms with Gasteiger partial charge in [0.15, 0.2) is 17.1 Å². The maximum absolute atomic E-state index is 15.5. The lowest BCUT2D eigenvalue weighted by Gasteiger charge is -2.35. The van der Waals surface area contributed by atoms with Gasteiger partial charge in [-0.1, -0.05) is 11.6 Å². The van der Waals surface area contributed by atoms with E-state index in [-0.39, 0.29) is 45.7 Å². The molecule has 2 aromatic carbocycles. The quantitative estimate of drug-likeness (QED) is 0.618. The molecular weight excluding hydrogens is 450 g/mol. The molecule has 170 valence electrons. The maximum Gasteiger partial charge on any atom is 0.226 e. The van der Waals surface area contributed by atoms with Gasteiger partial charge < -0.3 is 14.8 Å². The third kappa shape index (κ3) is 4.16. The van der Waals surface area contributed by atoms with Crippen LogP contribution in [0.15, 0.2) is 35.1 Å². The number of rotatable bonds is 3. The minimum Gasteiger partial charge on any atom is -0.366 e. The lowest BCUT2D eigenvalue weighted by atomic mass is 9.96. The van der Waals surface area contributed by atoms with E-state index in [0.717, 1.165) is 6.07 Å². The van der Waals surface area contributed by atoms with E-state index in [9.17, 15) is 9.59 Å². The molecule has 0 bridgehead atoms. The number of nitrogens with zero attached hydrogens (tertiary/aromatic N) is 3. The van der Waals surface area contributed by atoms with Crippen LogP contribution in [0.3, 0.4) is 0 Å². The Morgan fingerprint density at radius 1 is 1.27 bits per heavy atom. The fourth-order valence-corrected chi connectivity index (χ4v) is 4.54. The number of carbonyl (C=O) groups is 1. The van der Waals surface area contributed by atoms with E-state index in [1.54, 1.807) is 14.1 Å². The SMILES string of the molecule is CN(C)C(=O)C1CCCN(c2c(F)cc3[nH]c(-c4cc(C#N)ccc4Cl)cc(=O)c3c2F)C1. The average molecular weight is 471 g/mol. The first-order valence-corrected chi connectivity index (χ1v) is 10.8. The Labute approximate surface area is 194 Å². The van der Waals surface area contributed by atoms with Gasteiger partial charge in [0.25, 0.3) is 0 Å². The zero-order valence-corrected chi connectivity index (χ0v) is 18.8. The normalized spacial score (nSPS) is 16.0. The molecular formula is C24H21ClF2N4O2. The first kappa shape index (κ1) is 22.7. The maximum atomic E-state index is 15.5. The average Bonchev–Trinajstić information content (AvgIpc) is 2.78. The van der Waals surface area contributed by atoms with Crippen molar-refractivity contribution in [2.24, 2.45) is 5.92 Å². The second kappa shape index (κ2) is 8.83. The fraction of sp³-hybridized carbons (Fsp3) is 0.292. The lowest BCUT2D eigenvalue weighted by molar-refractivity contribution is -0.133. The molecule has 1 aromatic heterocycles. The molecule has 0 aliphatic carbocycles. The topological polar surface area (TPSA) is 80.2 Å². The van der Waals surface area contributed by atoms with Crippen molar-refractivity contribution < 1.29 is 13.6 Å². The van der Waals surface area contributed by atoms with Crippen LogP contribution in [0.2, 0.25) is 5.02 Å². The van der Waals surface area contributed by atoms with E-state index in [1.807, 2.05) is 6.07 Å². The Morgan fingerprint density at radius 2 is 2.03 bits per heavy atom. The van der Waals surface area contributed by atoms with Crippen LogP contribution in [-0.2, 0) is 4.79 Å². The number of benzene rings is 2. The predicted octanol–water partition coefficient (Wildman–Crippen LogP) is 4.30. The van der Waals surface area contributed by atoms with Gasteiger partial charge in [0.2, 0.25) is 5.91 Å². The number of halogens is 3. The Bertz CT molecular complexity index is 1360. The number of H-pyrrole nitrogens is 1. The molecule has 0 spiro atoms. The predicted molar refractivity (Wildman–Crippen MR) is 123 cm³/mol. The van der Waals surface area contributed by atoms with Gasteiger partial charge in [-0.05, 0) is 31.0 Å². The van der Waals surface area contributed by atoms with Crippen LogP contribution in [0.1, 0.15) is 18.4 Å². The van der Waals surface area contributed by atoms with Crippen LogP contribution >= 0.6 is 11.6 Å². The molecule has 1 fully saturated rings. The van der Waals surface area contributed by atoms with E-state index >= 15 is 8.78 Å². The number of carbonyl (C=O) groups excluding carboxylic acids is 1. The molecule has 1 aliphatic heterocycles. The fourth-order valence-electron chi connectivity index (χ4n) is 4.32. The van der Waals surface area contributed by atoms with Gasteiger partial charge in [-0.15, -0.1) is 0 Å². The van der Waals surface area contributed by atoms with Crippen LogP contribution in [0.4, 0.5) is 14.5 Å². The van der Waals surface area contributed by atoms with Crippen molar-refractivity contribution in [3.63, 3.8) is 0 Å². The molecule has 33 heavy (non-hydrogen) atoms. The number of anilines is 1. The van der Waals surface area contributed by atoms with Gasteiger partial charge >= 0.3 is 0 Å². The number of aromatic nitrogens is 1. The summed E-state index contributed by atoms with van der Waals surface area (Å²) < 4.78 is 30.7. The number of amides is 1. The third-order valence-electron chi connectivity index (χ3n) is 5.90. The second-order valence-corrected chi connectivity index (χ2v) is 8.72. The van der Waals surface area contributed by atoms with Crippen molar-refractivity contribution in [2.45, 2.75) is 12.8 Å². The van der Waals surface area contributed by atoms with Crippen LogP contribution in [0.25, 0.3) is 22.2 Å². The zero-order chi connectivity index (χ0) is 23.9. The summed E-state index contributed by atoms with van der Waals surface area (Å²) in [6, 6.07) is 8.80. The van der Waals surface area contributed by atoms with Crippen LogP contribution < -0.4 is 10.3 Å². The number of fused-ring (bicyclic) bond motifs is 1. The summed E-state index contributed by atoms with van der Waals surface area (Å²) >= 11 is 6.22. The van der Waals surface area contributed by atoms with Gasteiger partial charge in [-0.2, -0.15) is 5.26 Å². The highest BCUT2D eigenvalue weighted by molar-refractivity contribution is 6.33. The van der Waals surface area contributed by atoms with Gasteiger partial charge in [-0.25, -0.2) is 8.78 Å². The molecule has 0 saturated carbocycles. The molecule has 1 N–H and O–H groups in total. The number of nitrogens with one attached hydrogen (secondary N) is 1.